The van der Waals surface area contributed by atoms with Gasteiger partial charge < -0.3 is 87.2 Å². The largest absolute Gasteiger partial charge is 0.395 e. The highest BCUT2D eigenvalue weighted by molar-refractivity contribution is 5.03. The zero-order valence-electron chi connectivity index (χ0n) is 23.4. The fourth-order valence-corrected chi connectivity index (χ4v) is 5.56. The van der Waals surface area contributed by atoms with Gasteiger partial charge in [-0.2, -0.15) is 0 Å². The van der Waals surface area contributed by atoms with Crippen LogP contribution in [0, 0.1) is 0 Å². The van der Waals surface area contributed by atoms with Crippen LogP contribution in [0.15, 0.2) is 0 Å². The van der Waals surface area contributed by atoms with Crippen molar-refractivity contribution >= 4 is 0 Å². The van der Waals surface area contributed by atoms with Gasteiger partial charge in [-0.15, -0.1) is 0 Å². The average molecular weight is 600 g/mol. The fourth-order valence-electron chi connectivity index (χ4n) is 5.56. The normalized spacial score (nSPS) is 46.4. The zero-order chi connectivity index (χ0) is 30.5. The first kappa shape index (κ1) is 34.8. The molecule has 1 aliphatic carbocycles. The number of nitrogens with two attached hydrogens (primary N) is 2. The third-order valence-electron chi connectivity index (χ3n) is 7.93. The quantitative estimate of drug-likeness (QED) is 0.0875. The number of aliphatic hydroxyl groups is 8. The van der Waals surface area contributed by atoms with E-state index in [-0.39, 0.29) is 45.8 Å². The zero-order valence-corrected chi connectivity index (χ0v) is 23.4. The Balaban J connectivity index is 1.79. The van der Waals surface area contributed by atoms with Crippen molar-refractivity contribution in [3.63, 3.8) is 0 Å². The standard InChI is InChI=1S/C24H49N5O12/c1-24(37)9-38-22(18(36)21(24)27-2)41-20-12(29-7-10(31)6-25)5-11(26)19(17(20)35)40-23-16(34)15(33)14(32)13(39-23)8-28-3-4-30/h10-23,27-37H,3-9,25-26H2,1-2H3/t10?,11-,12+,13+,14+,15-,16+,17-,18+,19?,20-,21+,22+,23+,24-/m0/s1. The lowest BCUT2D eigenvalue weighted by Crippen LogP contribution is -2.69. The Bertz CT molecular complexity index is 789. The van der Waals surface area contributed by atoms with Gasteiger partial charge in [-0.1, -0.05) is 0 Å². The summed E-state index contributed by atoms with van der Waals surface area (Å²) in [6, 6.07) is -2.35. The van der Waals surface area contributed by atoms with Crippen LogP contribution < -0.4 is 27.4 Å². The van der Waals surface area contributed by atoms with Crippen LogP contribution in [-0.4, -0.2) is 179 Å². The van der Waals surface area contributed by atoms with Gasteiger partial charge in [-0.3, -0.25) is 0 Å². The minimum absolute atomic E-state index is 0.0195. The molecule has 242 valence electrons. The number of hydrogen-bond acceptors (Lipinski definition) is 17. The first-order valence-corrected chi connectivity index (χ1v) is 13.9. The van der Waals surface area contributed by atoms with E-state index >= 15 is 0 Å². The smallest absolute Gasteiger partial charge is 0.187 e. The summed E-state index contributed by atoms with van der Waals surface area (Å²) in [7, 11) is 1.56. The molecule has 2 aliphatic heterocycles. The molecule has 17 heteroatoms. The Morgan fingerprint density at radius 2 is 1.68 bits per heavy atom. The molecule has 0 aromatic heterocycles. The van der Waals surface area contributed by atoms with Crippen LogP contribution in [0.5, 0.6) is 0 Å². The van der Waals surface area contributed by atoms with Crippen molar-refractivity contribution in [1.82, 2.24) is 16.0 Å². The number of rotatable bonds is 13. The molecule has 3 rings (SSSR count). The van der Waals surface area contributed by atoms with Gasteiger partial charge in [0.1, 0.15) is 54.4 Å². The van der Waals surface area contributed by atoms with Crippen molar-refractivity contribution in [3.8, 4) is 0 Å². The Morgan fingerprint density at radius 1 is 1.00 bits per heavy atom. The SMILES string of the molecule is CN[C@@H]1[C@@H](O)[C@@H](O[C@H]2[C@H](NCC(O)CN)C[C@H](N)C(O[C@H]3O[C@H](CNCCO)[C@@H](O)[C@H](O)[C@H]3O)[C@@H]2O)OC[C@]1(C)O. The summed E-state index contributed by atoms with van der Waals surface area (Å²) in [5.74, 6) is 0. The first-order valence-electron chi connectivity index (χ1n) is 13.9. The minimum Gasteiger partial charge on any atom is -0.395 e. The Morgan fingerprint density at radius 3 is 2.32 bits per heavy atom. The molecule has 0 aromatic rings. The van der Waals surface area contributed by atoms with Crippen LogP contribution in [0.25, 0.3) is 0 Å². The van der Waals surface area contributed by atoms with Gasteiger partial charge >= 0.3 is 0 Å². The van der Waals surface area contributed by atoms with Gasteiger partial charge in [0.2, 0.25) is 0 Å². The molecule has 0 amide bonds. The molecule has 2 heterocycles. The molecule has 1 saturated carbocycles. The number of nitrogens with one attached hydrogen (secondary N) is 3. The second-order valence-electron chi connectivity index (χ2n) is 11.2. The van der Waals surface area contributed by atoms with E-state index in [4.69, 9.17) is 35.5 Å². The maximum atomic E-state index is 11.5. The summed E-state index contributed by atoms with van der Waals surface area (Å²) in [6.07, 6.45) is -14.5. The highest BCUT2D eigenvalue weighted by atomic mass is 16.7. The molecular formula is C24H49N5O12. The second-order valence-corrected chi connectivity index (χ2v) is 11.2. The predicted molar refractivity (Wildman–Crippen MR) is 141 cm³/mol. The molecule has 15 atom stereocenters. The van der Waals surface area contributed by atoms with Crippen LogP contribution in [0.2, 0.25) is 0 Å². The van der Waals surface area contributed by atoms with E-state index < -0.39 is 91.2 Å². The summed E-state index contributed by atoms with van der Waals surface area (Å²) < 4.78 is 23.3. The monoisotopic (exact) mass is 599 g/mol. The maximum absolute atomic E-state index is 11.5. The highest BCUT2D eigenvalue weighted by Gasteiger charge is 2.52. The molecule has 15 N–H and O–H groups in total. The molecular weight excluding hydrogens is 550 g/mol. The Labute approximate surface area is 238 Å². The maximum Gasteiger partial charge on any atom is 0.187 e. The van der Waals surface area contributed by atoms with E-state index in [1.165, 1.54) is 6.92 Å². The molecule has 41 heavy (non-hydrogen) atoms. The van der Waals surface area contributed by atoms with Crippen molar-refractivity contribution in [2.45, 2.75) is 105 Å². The van der Waals surface area contributed by atoms with E-state index in [0.717, 1.165) is 0 Å². The van der Waals surface area contributed by atoms with Crippen molar-refractivity contribution in [2.75, 3.05) is 46.4 Å². The molecule has 0 bridgehead atoms. The van der Waals surface area contributed by atoms with Gasteiger partial charge in [0.25, 0.3) is 0 Å². The third kappa shape index (κ3) is 8.28. The lowest BCUT2D eigenvalue weighted by Gasteiger charge is -2.49. The van der Waals surface area contributed by atoms with E-state index in [0.29, 0.717) is 0 Å². The topological polar surface area (TPSA) is 287 Å². The molecule has 17 nitrogen and oxygen atoms in total. The van der Waals surface area contributed by atoms with Crippen LogP contribution in [-0.2, 0) is 18.9 Å². The number of ether oxygens (including phenoxy) is 4. The average Bonchev–Trinajstić information content (AvgIpc) is 2.93. The summed E-state index contributed by atoms with van der Waals surface area (Å²) in [4.78, 5) is 0. The van der Waals surface area contributed by atoms with Crippen LogP contribution in [0.1, 0.15) is 13.3 Å². The third-order valence-corrected chi connectivity index (χ3v) is 7.93. The lowest BCUT2D eigenvalue weighted by atomic mass is 9.83. The van der Waals surface area contributed by atoms with Crippen LogP contribution >= 0.6 is 0 Å². The number of hydrogen-bond donors (Lipinski definition) is 13. The van der Waals surface area contributed by atoms with Crippen molar-refractivity contribution in [1.29, 1.82) is 0 Å². The Kier molecular flexibility index (Phi) is 13.0. The Hall–Kier alpha value is -0.680. The summed E-state index contributed by atoms with van der Waals surface area (Å²) in [5.41, 5.74) is 10.5. The molecule has 0 spiro atoms. The number of aliphatic hydroxyl groups excluding tert-OH is 7. The summed E-state index contributed by atoms with van der Waals surface area (Å²) in [6.45, 7) is 1.41. The molecule has 2 unspecified atom stereocenters. The minimum atomic E-state index is -1.68. The molecule has 2 saturated heterocycles. The molecule has 3 aliphatic rings. The highest BCUT2D eigenvalue weighted by Crippen LogP contribution is 2.32. The van der Waals surface area contributed by atoms with Crippen molar-refractivity contribution in [2.24, 2.45) is 11.5 Å². The van der Waals surface area contributed by atoms with Gasteiger partial charge in [-0.25, -0.2) is 0 Å². The van der Waals surface area contributed by atoms with E-state index in [1.54, 1.807) is 7.05 Å². The van der Waals surface area contributed by atoms with E-state index in [9.17, 15) is 35.7 Å². The van der Waals surface area contributed by atoms with E-state index in [1.807, 2.05) is 0 Å². The molecule has 0 aromatic carbocycles. The molecule has 0 radical (unpaired) electrons. The summed E-state index contributed by atoms with van der Waals surface area (Å²) >= 11 is 0. The van der Waals surface area contributed by atoms with E-state index in [2.05, 4.69) is 16.0 Å². The molecule has 3 fully saturated rings. The fraction of sp³-hybridized carbons (Fsp3) is 1.00. The van der Waals surface area contributed by atoms with Crippen LogP contribution in [0.3, 0.4) is 0 Å². The van der Waals surface area contributed by atoms with Crippen LogP contribution in [0.4, 0.5) is 0 Å². The first-order chi connectivity index (χ1) is 19.4. The predicted octanol–water partition coefficient (Wildman–Crippen LogP) is -7.43. The van der Waals surface area contributed by atoms with Gasteiger partial charge in [0, 0.05) is 38.3 Å². The van der Waals surface area contributed by atoms with Crippen molar-refractivity contribution in [3.05, 3.63) is 0 Å². The summed E-state index contributed by atoms with van der Waals surface area (Å²) in [5, 5.41) is 92.0. The van der Waals surface area contributed by atoms with Gasteiger partial charge in [-0.05, 0) is 20.4 Å². The second kappa shape index (κ2) is 15.4. The van der Waals surface area contributed by atoms with Gasteiger partial charge in [0.15, 0.2) is 12.6 Å². The van der Waals surface area contributed by atoms with Crippen molar-refractivity contribution < 1.29 is 59.8 Å². The van der Waals surface area contributed by atoms with Gasteiger partial charge in [0.05, 0.1) is 25.4 Å². The lowest BCUT2D eigenvalue weighted by molar-refractivity contribution is -0.331. The number of likely N-dealkylation sites (N-methyl/N-ethyl adjacent to an activating group) is 1.